The zero-order valence-corrected chi connectivity index (χ0v) is 13.0. The minimum Gasteiger partial charge on any atom is -0.374 e. The van der Waals surface area contributed by atoms with E-state index in [9.17, 15) is 10.1 Å². The molecule has 0 aliphatic carbocycles. The Morgan fingerprint density at radius 1 is 1.38 bits per heavy atom. The summed E-state index contributed by atoms with van der Waals surface area (Å²) in [5.41, 5.74) is -0.589. The average molecular weight is 297 g/mol. The molecule has 1 aromatic heterocycles. The maximum absolute atomic E-state index is 11.0. The van der Waals surface area contributed by atoms with Gasteiger partial charge in [-0.3, -0.25) is 10.1 Å². The van der Waals surface area contributed by atoms with Crippen LogP contribution in [-0.4, -0.2) is 40.2 Å². The highest BCUT2D eigenvalue weighted by atomic mass is 16.6. The van der Waals surface area contributed by atoms with Crippen LogP contribution in [0.2, 0.25) is 0 Å². The van der Waals surface area contributed by atoms with Crippen molar-refractivity contribution < 1.29 is 9.66 Å². The molecule has 0 saturated carbocycles. The fourth-order valence-electron chi connectivity index (χ4n) is 1.70. The molecule has 0 radical (unpaired) electrons. The van der Waals surface area contributed by atoms with Crippen molar-refractivity contribution in [2.24, 2.45) is 0 Å². The molecule has 1 heterocycles. The molecule has 0 saturated heterocycles. The number of nitro groups is 1. The number of nitrogens with one attached hydrogen (secondary N) is 2. The van der Waals surface area contributed by atoms with Crippen molar-refractivity contribution in [1.82, 2.24) is 9.97 Å². The lowest BCUT2D eigenvalue weighted by molar-refractivity contribution is -0.384. The first-order chi connectivity index (χ1) is 9.89. The summed E-state index contributed by atoms with van der Waals surface area (Å²) in [6, 6.07) is 0. The van der Waals surface area contributed by atoms with Gasteiger partial charge >= 0.3 is 5.69 Å². The van der Waals surface area contributed by atoms with Crippen molar-refractivity contribution in [1.29, 1.82) is 0 Å². The van der Waals surface area contributed by atoms with E-state index in [0.717, 1.165) is 6.42 Å². The second-order valence-corrected chi connectivity index (χ2v) is 5.16. The Kier molecular flexibility index (Phi) is 6.29. The summed E-state index contributed by atoms with van der Waals surface area (Å²) >= 11 is 0. The topological polar surface area (TPSA) is 102 Å². The number of hydrogen-bond donors (Lipinski definition) is 2. The molecular formula is C13H23N5O3. The van der Waals surface area contributed by atoms with E-state index in [4.69, 9.17) is 4.74 Å². The van der Waals surface area contributed by atoms with E-state index in [-0.39, 0.29) is 11.5 Å². The van der Waals surface area contributed by atoms with Crippen LogP contribution in [0.15, 0.2) is 6.20 Å². The van der Waals surface area contributed by atoms with Gasteiger partial charge in [0.05, 0.1) is 10.5 Å². The van der Waals surface area contributed by atoms with Gasteiger partial charge in [-0.25, -0.2) is 4.98 Å². The Hall–Kier alpha value is -1.96. The standard InChI is InChI=1S/C13H23N5O3/c1-5-7-14-12-15-8-10(18(19)20)11(17-12)16-9-13(3,4)21-6-2/h8H,5-7,9H2,1-4H3,(H2,14,15,16,17). The van der Waals surface area contributed by atoms with Gasteiger partial charge in [-0.1, -0.05) is 6.92 Å². The van der Waals surface area contributed by atoms with Crippen molar-refractivity contribution >= 4 is 17.5 Å². The van der Waals surface area contributed by atoms with Gasteiger partial charge in [0.1, 0.15) is 6.20 Å². The van der Waals surface area contributed by atoms with Crippen LogP contribution < -0.4 is 10.6 Å². The second-order valence-electron chi connectivity index (χ2n) is 5.16. The lowest BCUT2D eigenvalue weighted by atomic mass is 10.1. The highest BCUT2D eigenvalue weighted by Gasteiger charge is 2.22. The lowest BCUT2D eigenvalue weighted by Gasteiger charge is -2.25. The smallest absolute Gasteiger partial charge is 0.329 e. The Labute approximate surface area is 124 Å². The molecule has 0 aromatic carbocycles. The highest BCUT2D eigenvalue weighted by Crippen LogP contribution is 2.23. The van der Waals surface area contributed by atoms with Crippen LogP contribution in [-0.2, 0) is 4.74 Å². The maximum Gasteiger partial charge on any atom is 0.329 e. The van der Waals surface area contributed by atoms with Crippen LogP contribution in [0.1, 0.15) is 34.1 Å². The summed E-state index contributed by atoms with van der Waals surface area (Å²) in [4.78, 5) is 18.6. The van der Waals surface area contributed by atoms with Crippen molar-refractivity contribution in [3.05, 3.63) is 16.3 Å². The number of ether oxygens (including phenoxy) is 1. The molecule has 0 amide bonds. The third kappa shape index (κ3) is 5.50. The monoisotopic (exact) mass is 297 g/mol. The van der Waals surface area contributed by atoms with Crippen LogP contribution in [0.5, 0.6) is 0 Å². The molecule has 1 rings (SSSR count). The van der Waals surface area contributed by atoms with Crippen LogP contribution >= 0.6 is 0 Å². The van der Waals surface area contributed by atoms with Gasteiger partial charge in [0, 0.05) is 19.7 Å². The molecule has 8 heteroatoms. The minimum absolute atomic E-state index is 0.149. The molecule has 1 aromatic rings. The molecule has 0 unspecified atom stereocenters. The van der Waals surface area contributed by atoms with Crippen LogP contribution in [0.3, 0.4) is 0 Å². The molecule has 0 aliphatic rings. The van der Waals surface area contributed by atoms with E-state index in [1.165, 1.54) is 6.20 Å². The summed E-state index contributed by atoms with van der Waals surface area (Å²) in [7, 11) is 0. The molecule has 0 atom stereocenters. The SMILES string of the molecule is CCCNc1ncc([N+](=O)[O-])c(NCC(C)(C)OCC)n1. The van der Waals surface area contributed by atoms with Crippen LogP contribution in [0.4, 0.5) is 17.5 Å². The van der Waals surface area contributed by atoms with Crippen molar-refractivity contribution in [2.75, 3.05) is 30.3 Å². The first-order valence-corrected chi connectivity index (χ1v) is 7.02. The summed E-state index contributed by atoms with van der Waals surface area (Å²) in [5.74, 6) is 0.570. The second kappa shape index (κ2) is 7.72. The van der Waals surface area contributed by atoms with E-state index in [0.29, 0.717) is 25.6 Å². The third-order valence-corrected chi connectivity index (χ3v) is 2.72. The van der Waals surface area contributed by atoms with Gasteiger partial charge in [-0.05, 0) is 27.2 Å². The number of aromatic nitrogens is 2. The van der Waals surface area contributed by atoms with E-state index in [2.05, 4.69) is 20.6 Å². The Morgan fingerprint density at radius 2 is 2.10 bits per heavy atom. The van der Waals surface area contributed by atoms with Crippen molar-refractivity contribution in [3.63, 3.8) is 0 Å². The van der Waals surface area contributed by atoms with E-state index in [1.54, 1.807) is 0 Å². The Balaban J connectivity index is 2.88. The fraction of sp³-hybridized carbons (Fsp3) is 0.692. The number of anilines is 2. The van der Waals surface area contributed by atoms with Gasteiger partial charge in [0.15, 0.2) is 0 Å². The molecule has 118 valence electrons. The summed E-state index contributed by atoms with van der Waals surface area (Å²) < 4.78 is 5.56. The molecular weight excluding hydrogens is 274 g/mol. The van der Waals surface area contributed by atoms with Crippen molar-refractivity contribution in [3.8, 4) is 0 Å². The van der Waals surface area contributed by atoms with Gasteiger partial charge in [0.2, 0.25) is 11.8 Å². The average Bonchev–Trinajstić information content (AvgIpc) is 2.42. The number of hydrogen-bond acceptors (Lipinski definition) is 7. The first-order valence-electron chi connectivity index (χ1n) is 7.02. The molecule has 0 bridgehead atoms. The number of rotatable bonds is 9. The number of nitrogens with zero attached hydrogens (tertiary/aromatic N) is 3. The highest BCUT2D eigenvalue weighted by molar-refractivity contribution is 5.57. The van der Waals surface area contributed by atoms with Gasteiger partial charge in [-0.15, -0.1) is 0 Å². The van der Waals surface area contributed by atoms with Gasteiger partial charge < -0.3 is 15.4 Å². The predicted molar refractivity (Wildman–Crippen MR) is 81.7 cm³/mol. The lowest BCUT2D eigenvalue weighted by Crippen LogP contribution is -2.33. The molecule has 0 fully saturated rings. The fourth-order valence-corrected chi connectivity index (χ4v) is 1.70. The first kappa shape index (κ1) is 17.1. The predicted octanol–water partition coefficient (Wildman–Crippen LogP) is 2.43. The maximum atomic E-state index is 11.0. The van der Waals surface area contributed by atoms with E-state index in [1.807, 2.05) is 27.7 Å². The summed E-state index contributed by atoms with van der Waals surface area (Å²) in [6.07, 6.45) is 2.13. The van der Waals surface area contributed by atoms with Gasteiger partial charge in [0.25, 0.3) is 0 Å². The molecule has 21 heavy (non-hydrogen) atoms. The van der Waals surface area contributed by atoms with Crippen molar-refractivity contribution in [2.45, 2.75) is 39.7 Å². The van der Waals surface area contributed by atoms with E-state index < -0.39 is 10.5 Å². The van der Waals surface area contributed by atoms with Crippen LogP contribution in [0.25, 0.3) is 0 Å². The van der Waals surface area contributed by atoms with Crippen LogP contribution in [0, 0.1) is 10.1 Å². The summed E-state index contributed by atoms with van der Waals surface area (Å²) in [6.45, 7) is 9.43. The molecule has 2 N–H and O–H groups in total. The van der Waals surface area contributed by atoms with E-state index >= 15 is 0 Å². The minimum atomic E-state index is -0.500. The zero-order chi connectivity index (χ0) is 15.9. The molecule has 0 spiro atoms. The normalized spacial score (nSPS) is 11.2. The third-order valence-electron chi connectivity index (χ3n) is 2.72. The molecule has 8 nitrogen and oxygen atoms in total. The van der Waals surface area contributed by atoms with Gasteiger partial charge in [-0.2, -0.15) is 4.98 Å². The zero-order valence-electron chi connectivity index (χ0n) is 13.0. The Morgan fingerprint density at radius 3 is 2.67 bits per heavy atom. The largest absolute Gasteiger partial charge is 0.374 e. The quantitative estimate of drug-likeness (QED) is 0.533. The Bertz CT molecular complexity index is 479. The summed E-state index contributed by atoms with van der Waals surface area (Å²) in [5, 5.41) is 17.0. The molecule has 0 aliphatic heterocycles.